The average Bonchev–Trinajstić information content (AvgIpc) is 3.07. The van der Waals surface area contributed by atoms with Gasteiger partial charge in [0.25, 0.3) is 0 Å². The Kier molecular flexibility index (Phi) is 3.72. The maximum atomic E-state index is 12.0. The molecule has 0 fully saturated rings. The Morgan fingerprint density at radius 3 is 1.37 bits per heavy atom. The van der Waals surface area contributed by atoms with Crippen LogP contribution in [0, 0.1) is 0 Å². The van der Waals surface area contributed by atoms with Gasteiger partial charge in [-0.05, 0) is 56.6 Å². The first-order valence-corrected chi connectivity index (χ1v) is 9.19. The van der Waals surface area contributed by atoms with Crippen molar-refractivity contribution in [3.8, 4) is 33.4 Å². The molecule has 1 heteroatoms. The smallest absolute Gasteiger partial charge is 0.131 e. The molecule has 0 spiro atoms. The number of benzene rings is 4. The molecule has 1 nitrogen and oxygen atoms in total. The number of carbonyl (C=O) groups is 1. The summed E-state index contributed by atoms with van der Waals surface area (Å²) in [5.74, 6) is -0.206. The Balaban J connectivity index is 1.63. The minimum atomic E-state index is -0.206. The van der Waals surface area contributed by atoms with Gasteiger partial charge in [0.05, 0.1) is 5.92 Å². The second-order valence-corrected chi connectivity index (χ2v) is 6.95. The lowest BCUT2D eigenvalue weighted by molar-refractivity contribution is -0.108. The van der Waals surface area contributed by atoms with Crippen molar-refractivity contribution in [2.45, 2.75) is 5.92 Å². The molecule has 0 atom stereocenters. The van der Waals surface area contributed by atoms with Gasteiger partial charge in [0.2, 0.25) is 0 Å². The van der Waals surface area contributed by atoms with Crippen LogP contribution in [-0.2, 0) is 4.79 Å². The Morgan fingerprint density at radius 1 is 0.519 bits per heavy atom. The largest absolute Gasteiger partial charge is 0.302 e. The predicted octanol–water partition coefficient (Wildman–Crippen LogP) is 6.33. The van der Waals surface area contributed by atoms with E-state index in [-0.39, 0.29) is 5.92 Å². The summed E-state index contributed by atoms with van der Waals surface area (Å²) in [5, 5.41) is 0. The SMILES string of the molecule is O=CC1c2cc(-c3ccccc3)ccc2-c2ccc(-c3ccccc3)cc21. The molecular weight excluding hydrogens is 328 g/mol. The molecule has 5 rings (SSSR count). The summed E-state index contributed by atoms with van der Waals surface area (Å²) < 4.78 is 0. The molecule has 0 saturated carbocycles. The fourth-order valence-electron chi connectivity index (χ4n) is 4.07. The van der Waals surface area contributed by atoms with Crippen LogP contribution in [0.2, 0.25) is 0 Å². The van der Waals surface area contributed by atoms with Gasteiger partial charge in [0, 0.05) is 0 Å². The maximum Gasteiger partial charge on any atom is 0.131 e. The molecule has 0 amide bonds. The molecule has 0 aliphatic heterocycles. The number of hydrogen-bond donors (Lipinski definition) is 0. The molecule has 0 bridgehead atoms. The summed E-state index contributed by atoms with van der Waals surface area (Å²) in [5.41, 5.74) is 9.19. The molecule has 128 valence electrons. The van der Waals surface area contributed by atoms with Crippen LogP contribution in [0.25, 0.3) is 33.4 Å². The quantitative estimate of drug-likeness (QED) is 0.396. The zero-order chi connectivity index (χ0) is 18.2. The van der Waals surface area contributed by atoms with Crippen molar-refractivity contribution in [2.75, 3.05) is 0 Å². The lowest BCUT2D eigenvalue weighted by Gasteiger charge is -2.09. The topological polar surface area (TPSA) is 17.1 Å². The van der Waals surface area contributed by atoms with E-state index in [1.54, 1.807) is 0 Å². The fraction of sp³-hybridized carbons (Fsp3) is 0.0385. The van der Waals surface area contributed by atoms with Crippen LogP contribution >= 0.6 is 0 Å². The first kappa shape index (κ1) is 15.8. The third-order valence-electron chi connectivity index (χ3n) is 5.41. The summed E-state index contributed by atoms with van der Waals surface area (Å²) in [6, 6.07) is 33.6. The van der Waals surface area contributed by atoms with Crippen molar-refractivity contribution in [1.29, 1.82) is 0 Å². The molecule has 0 N–H and O–H groups in total. The molecule has 1 aliphatic rings. The van der Waals surface area contributed by atoms with Crippen LogP contribution in [0.15, 0.2) is 97.1 Å². The molecule has 0 saturated heterocycles. The number of hydrogen-bond acceptors (Lipinski definition) is 1. The monoisotopic (exact) mass is 346 g/mol. The van der Waals surface area contributed by atoms with Gasteiger partial charge in [-0.1, -0.05) is 84.9 Å². The van der Waals surface area contributed by atoms with Gasteiger partial charge in [0.1, 0.15) is 6.29 Å². The molecule has 0 aromatic heterocycles. The second-order valence-electron chi connectivity index (χ2n) is 6.95. The minimum Gasteiger partial charge on any atom is -0.302 e. The molecule has 0 unspecified atom stereocenters. The van der Waals surface area contributed by atoms with Gasteiger partial charge in [0.15, 0.2) is 0 Å². The van der Waals surface area contributed by atoms with Crippen LogP contribution in [-0.4, -0.2) is 6.29 Å². The van der Waals surface area contributed by atoms with E-state index in [9.17, 15) is 4.79 Å². The fourth-order valence-corrected chi connectivity index (χ4v) is 4.07. The van der Waals surface area contributed by atoms with Gasteiger partial charge < -0.3 is 4.79 Å². The van der Waals surface area contributed by atoms with Crippen molar-refractivity contribution in [2.24, 2.45) is 0 Å². The first-order chi connectivity index (χ1) is 13.3. The van der Waals surface area contributed by atoms with Crippen molar-refractivity contribution in [1.82, 2.24) is 0 Å². The Hall–Kier alpha value is -3.45. The van der Waals surface area contributed by atoms with Gasteiger partial charge in [-0.25, -0.2) is 0 Å². The highest BCUT2D eigenvalue weighted by molar-refractivity contribution is 5.91. The number of fused-ring (bicyclic) bond motifs is 3. The lowest BCUT2D eigenvalue weighted by atomic mass is 9.94. The third-order valence-corrected chi connectivity index (χ3v) is 5.41. The maximum absolute atomic E-state index is 12.0. The second kappa shape index (κ2) is 6.37. The minimum absolute atomic E-state index is 0.206. The van der Waals surface area contributed by atoms with Crippen LogP contribution < -0.4 is 0 Å². The van der Waals surface area contributed by atoms with E-state index in [1.807, 2.05) is 36.4 Å². The van der Waals surface area contributed by atoms with Crippen LogP contribution in [0.1, 0.15) is 17.0 Å². The average molecular weight is 346 g/mol. The number of rotatable bonds is 3. The molecule has 4 aromatic rings. The standard InChI is InChI=1S/C26H18O/c27-17-26-24-15-20(18-7-3-1-4-8-18)11-13-22(24)23-14-12-21(16-25(23)26)19-9-5-2-6-10-19/h1-17,26H. The van der Waals surface area contributed by atoms with Crippen molar-refractivity contribution >= 4 is 6.29 Å². The van der Waals surface area contributed by atoms with Gasteiger partial charge in [-0.2, -0.15) is 0 Å². The third kappa shape index (κ3) is 2.60. The van der Waals surface area contributed by atoms with Gasteiger partial charge in [-0.15, -0.1) is 0 Å². The summed E-state index contributed by atoms with van der Waals surface area (Å²) >= 11 is 0. The first-order valence-electron chi connectivity index (χ1n) is 9.19. The molecule has 1 aliphatic carbocycles. The molecule has 0 heterocycles. The Labute approximate surface area is 158 Å². The molecule has 27 heavy (non-hydrogen) atoms. The highest BCUT2D eigenvalue weighted by Gasteiger charge is 2.29. The Morgan fingerprint density at radius 2 is 0.963 bits per heavy atom. The van der Waals surface area contributed by atoms with Gasteiger partial charge >= 0.3 is 0 Å². The van der Waals surface area contributed by atoms with E-state index in [0.29, 0.717) is 0 Å². The van der Waals surface area contributed by atoms with Crippen LogP contribution in [0.5, 0.6) is 0 Å². The summed E-state index contributed by atoms with van der Waals surface area (Å²) in [6.07, 6.45) is 1.08. The number of aldehydes is 1. The zero-order valence-electron chi connectivity index (χ0n) is 14.8. The summed E-state index contributed by atoms with van der Waals surface area (Å²) in [6.45, 7) is 0. The van der Waals surface area contributed by atoms with E-state index < -0.39 is 0 Å². The zero-order valence-corrected chi connectivity index (χ0v) is 14.8. The number of carbonyl (C=O) groups excluding carboxylic acids is 1. The predicted molar refractivity (Wildman–Crippen MR) is 111 cm³/mol. The Bertz CT molecular complexity index is 1040. The van der Waals surface area contributed by atoms with E-state index in [1.165, 1.54) is 22.3 Å². The van der Waals surface area contributed by atoms with Gasteiger partial charge in [-0.3, -0.25) is 0 Å². The summed E-state index contributed by atoms with van der Waals surface area (Å²) in [7, 11) is 0. The molecule has 0 radical (unpaired) electrons. The summed E-state index contributed by atoms with van der Waals surface area (Å²) in [4.78, 5) is 12.0. The van der Waals surface area contributed by atoms with E-state index >= 15 is 0 Å². The normalized spacial score (nSPS) is 12.4. The van der Waals surface area contributed by atoms with Crippen molar-refractivity contribution < 1.29 is 4.79 Å². The van der Waals surface area contributed by atoms with E-state index in [2.05, 4.69) is 60.7 Å². The highest BCUT2D eigenvalue weighted by Crippen LogP contribution is 2.46. The van der Waals surface area contributed by atoms with Crippen LogP contribution in [0.4, 0.5) is 0 Å². The van der Waals surface area contributed by atoms with E-state index in [4.69, 9.17) is 0 Å². The molecular formula is C26H18O. The van der Waals surface area contributed by atoms with E-state index in [0.717, 1.165) is 28.5 Å². The molecule has 4 aromatic carbocycles. The van der Waals surface area contributed by atoms with Crippen LogP contribution in [0.3, 0.4) is 0 Å². The highest BCUT2D eigenvalue weighted by atomic mass is 16.1. The van der Waals surface area contributed by atoms with Crippen molar-refractivity contribution in [3.63, 3.8) is 0 Å². The lowest BCUT2D eigenvalue weighted by Crippen LogP contribution is -1.98. The van der Waals surface area contributed by atoms with Crippen molar-refractivity contribution in [3.05, 3.63) is 108 Å².